The van der Waals surface area contributed by atoms with Crippen LogP contribution in [0.5, 0.6) is 0 Å². The maximum Gasteiger partial charge on any atom is 0.355 e. The molecule has 0 unspecified atom stereocenters. The molecule has 238 valence electrons. The number of nitrogens with zero attached hydrogens (tertiary/aromatic N) is 6. The van der Waals surface area contributed by atoms with Crippen molar-refractivity contribution in [1.82, 2.24) is 8.61 Å². The fraction of sp³-hybridized carbons (Fsp3) is 0. The summed E-state index contributed by atoms with van der Waals surface area (Å²) in [5.74, 6) is -2.55. The molecule has 0 spiro atoms. The molecule has 4 aromatic carbocycles. The number of barbiturate groups is 1. The van der Waals surface area contributed by atoms with Gasteiger partial charge >= 0.3 is 6.03 Å². The maximum atomic E-state index is 14.3. The van der Waals surface area contributed by atoms with Crippen LogP contribution < -0.4 is 0 Å². The minimum atomic E-state index is -1.28. The molecule has 17 nitrogen and oxygen atoms in total. The zero-order valence-electron chi connectivity index (χ0n) is 23.6. The monoisotopic (exact) mass is 686 g/mol. The zero-order valence-corrected chi connectivity index (χ0v) is 25.2. The molecule has 1 fully saturated rings. The topological polar surface area (TPSA) is 230 Å². The number of imide groups is 2. The predicted molar refractivity (Wildman–Crippen MR) is 168 cm³/mol. The minimum Gasteiger partial charge on any atom is -0.267 e. The van der Waals surface area contributed by atoms with E-state index >= 15 is 0 Å². The van der Waals surface area contributed by atoms with Crippen molar-refractivity contribution in [2.24, 2.45) is 0 Å². The molecule has 19 heteroatoms. The Morgan fingerprint density at radius 1 is 0.500 bits per heavy atom. The quantitative estimate of drug-likeness (QED) is 0.0573. The van der Waals surface area contributed by atoms with Crippen molar-refractivity contribution < 1.29 is 34.1 Å². The Morgan fingerprint density at radius 2 is 0.875 bits per heavy atom. The van der Waals surface area contributed by atoms with Crippen molar-refractivity contribution in [2.75, 3.05) is 0 Å². The van der Waals surface area contributed by atoms with Crippen LogP contribution in [-0.4, -0.2) is 46.1 Å². The van der Waals surface area contributed by atoms with Crippen LogP contribution in [-0.2, 0) is 9.59 Å². The molecule has 0 bridgehead atoms. The highest BCUT2D eigenvalue weighted by Gasteiger charge is 2.49. The summed E-state index contributed by atoms with van der Waals surface area (Å²) < 4.78 is 1.23. The minimum absolute atomic E-state index is 0.368. The number of hydrogen-bond acceptors (Lipinski definition) is 13. The number of nitro groups is 4. The molecule has 2 aliphatic rings. The van der Waals surface area contributed by atoms with E-state index in [2.05, 4.69) is 0 Å². The number of carbonyl (C=O) groups excluding carboxylic acids is 3. The Morgan fingerprint density at radius 3 is 1.21 bits per heavy atom. The molecule has 4 amide bonds. The number of rotatable bonds is 8. The third-order valence-electron chi connectivity index (χ3n) is 7.08. The summed E-state index contributed by atoms with van der Waals surface area (Å²) in [6.07, 6.45) is 0. The molecule has 4 aromatic rings. The Labute approximate surface area is 275 Å². The van der Waals surface area contributed by atoms with E-state index in [1.807, 2.05) is 0 Å². The lowest BCUT2D eigenvalue weighted by atomic mass is 9.95. The van der Waals surface area contributed by atoms with E-state index in [-0.39, 0.29) is 0 Å². The van der Waals surface area contributed by atoms with Crippen molar-refractivity contribution in [3.05, 3.63) is 142 Å². The lowest BCUT2D eigenvalue weighted by Crippen LogP contribution is -2.51. The van der Waals surface area contributed by atoms with Crippen LogP contribution >= 0.6 is 23.9 Å². The van der Waals surface area contributed by atoms with E-state index in [1.165, 1.54) is 0 Å². The lowest BCUT2D eigenvalue weighted by molar-refractivity contribution is -0.395. The molecule has 1 saturated heterocycles. The molecule has 0 radical (unpaired) electrons. The third kappa shape index (κ3) is 5.27. The predicted octanol–water partition coefficient (Wildman–Crippen LogP) is 6.31. The van der Waals surface area contributed by atoms with E-state index in [9.17, 15) is 54.8 Å². The van der Waals surface area contributed by atoms with Crippen LogP contribution in [0.25, 0.3) is 16.7 Å². The molecule has 0 saturated carbocycles. The number of fused-ring (bicyclic) bond motifs is 3. The number of hydrogen-bond donors (Lipinski definition) is 0. The number of carbonyl (C=O) groups is 3. The largest absolute Gasteiger partial charge is 0.355 e. The lowest BCUT2D eigenvalue weighted by Gasteiger charge is -2.32. The van der Waals surface area contributed by atoms with Gasteiger partial charge in [0, 0.05) is 38.6 Å². The Balaban J connectivity index is 1.73. The first-order chi connectivity index (χ1) is 22.9. The van der Waals surface area contributed by atoms with Crippen LogP contribution in [0.2, 0.25) is 0 Å². The van der Waals surface area contributed by atoms with Gasteiger partial charge < -0.3 is 0 Å². The van der Waals surface area contributed by atoms with Crippen LogP contribution in [0, 0.1) is 40.5 Å². The standard InChI is InChI=1S/C29H14N6O11S2/c36-27-26(28(37)31(48-18-9-5-2-6-10-18)29(38)30(27)47-17-7-3-1-4-8-17)23-19-11-15(32(39)40)13-21(34(43)44)24(19)25-20(23)12-16(33(41)42)14-22(25)35(45)46/h1-14H. The van der Waals surface area contributed by atoms with Gasteiger partial charge in [0.1, 0.15) is 5.57 Å². The first-order valence-corrected chi connectivity index (χ1v) is 14.8. The summed E-state index contributed by atoms with van der Waals surface area (Å²) >= 11 is 1.23. The van der Waals surface area contributed by atoms with Crippen molar-refractivity contribution in [3.8, 4) is 11.1 Å². The summed E-state index contributed by atoms with van der Waals surface area (Å²) in [6, 6.07) is 17.6. The molecular weight excluding hydrogens is 672 g/mol. The van der Waals surface area contributed by atoms with Crippen LogP contribution in [0.1, 0.15) is 11.1 Å². The molecule has 48 heavy (non-hydrogen) atoms. The smallest absolute Gasteiger partial charge is 0.267 e. The number of urea groups is 1. The van der Waals surface area contributed by atoms with E-state index in [4.69, 9.17) is 0 Å². The highest BCUT2D eigenvalue weighted by atomic mass is 32.2. The normalized spacial score (nSPS) is 13.8. The maximum absolute atomic E-state index is 14.3. The summed E-state index contributed by atoms with van der Waals surface area (Å²) in [7, 11) is 0. The van der Waals surface area contributed by atoms with Crippen molar-refractivity contribution >= 4 is 70.1 Å². The molecule has 1 aliphatic heterocycles. The molecular formula is C29H14N6O11S2. The molecule has 1 heterocycles. The van der Waals surface area contributed by atoms with Crippen LogP contribution in [0.4, 0.5) is 27.5 Å². The van der Waals surface area contributed by atoms with Gasteiger partial charge in [-0.3, -0.25) is 50.0 Å². The average molecular weight is 687 g/mol. The van der Waals surface area contributed by atoms with Gasteiger partial charge in [0.2, 0.25) is 0 Å². The zero-order chi connectivity index (χ0) is 34.4. The second-order valence-electron chi connectivity index (χ2n) is 9.84. The number of amides is 4. The SMILES string of the molecule is O=C1C(=C2c3cc([N+](=O)[O-])cc([N+](=O)[O-])c3-c3c2cc([N+](=O)[O-])cc3[N+](=O)[O-])C(=O)N(Sc2ccccc2)C(=O)N1Sc1ccccc1. The number of benzene rings is 4. The fourth-order valence-corrected chi connectivity index (χ4v) is 6.86. The van der Waals surface area contributed by atoms with Crippen molar-refractivity contribution in [1.29, 1.82) is 0 Å². The van der Waals surface area contributed by atoms with Gasteiger partial charge in [0.25, 0.3) is 34.6 Å². The van der Waals surface area contributed by atoms with Crippen LogP contribution in [0.15, 0.2) is 100 Å². The molecule has 1 aliphatic carbocycles. The van der Waals surface area contributed by atoms with E-state index in [1.54, 1.807) is 60.7 Å². The molecule has 6 rings (SSSR count). The number of non-ortho nitro benzene ring substituents is 2. The van der Waals surface area contributed by atoms with Gasteiger partial charge in [0.05, 0.1) is 43.0 Å². The second-order valence-corrected chi connectivity index (χ2v) is 11.9. The Bertz CT molecular complexity index is 2030. The van der Waals surface area contributed by atoms with Crippen molar-refractivity contribution in [3.63, 3.8) is 0 Å². The Kier molecular flexibility index (Phi) is 7.90. The first-order valence-electron chi connectivity index (χ1n) is 13.3. The van der Waals surface area contributed by atoms with Gasteiger partial charge in [-0.05, 0) is 48.2 Å². The second kappa shape index (κ2) is 12.0. The van der Waals surface area contributed by atoms with Gasteiger partial charge in [-0.1, -0.05) is 36.4 Å². The van der Waals surface area contributed by atoms with Crippen LogP contribution in [0.3, 0.4) is 0 Å². The van der Waals surface area contributed by atoms with Crippen molar-refractivity contribution in [2.45, 2.75) is 9.79 Å². The van der Waals surface area contributed by atoms with E-state index < -0.39 is 93.7 Å². The number of nitro benzene ring substituents is 4. The van der Waals surface area contributed by atoms with Gasteiger partial charge in [-0.25, -0.2) is 4.79 Å². The van der Waals surface area contributed by atoms with E-state index in [0.29, 0.717) is 54.4 Å². The molecule has 0 atom stereocenters. The third-order valence-corrected chi connectivity index (χ3v) is 9.06. The van der Waals surface area contributed by atoms with Gasteiger partial charge in [-0.2, -0.15) is 8.61 Å². The summed E-state index contributed by atoms with van der Waals surface area (Å²) in [5, 5.41) is 48.3. The van der Waals surface area contributed by atoms with E-state index in [0.717, 1.165) is 12.1 Å². The summed E-state index contributed by atoms with van der Waals surface area (Å²) in [6.45, 7) is 0. The first kappa shape index (κ1) is 31.5. The molecule has 0 N–H and O–H groups in total. The Hall–Kier alpha value is -6.47. The summed E-state index contributed by atoms with van der Waals surface area (Å²) in [5.41, 5.74) is -7.40. The fourth-order valence-electron chi connectivity index (χ4n) is 5.16. The highest BCUT2D eigenvalue weighted by molar-refractivity contribution is 7.99. The average Bonchev–Trinajstić information content (AvgIpc) is 3.38. The highest BCUT2D eigenvalue weighted by Crippen LogP contribution is 2.56. The van der Waals surface area contributed by atoms with Gasteiger partial charge in [0.15, 0.2) is 0 Å². The molecule has 0 aromatic heterocycles. The van der Waals surface area contributed by atoms with Gasteiger partial charge in [-0.15, -0.1) is 0 Å². The summed E-state index contributed by atoms with van der Waals surface area (Å²) in [4.78, 5) is 87.3.